The molecular weight excluding hydrogens is 410 g/mol. The van der Waals surface area contributed by atoms with Gasteiger partial charge in [-0.3, -0.25) is 14.4 Å². The molecule has 1 saturated heterocycles. The fraction of sp³-hybridized carbons (Fsp3) is 0.360. The summed E-state index contributed by atoms with van der Waals surface area (Å²) in [5.74, 6) is -2.19. The molecule has 3 rings (SSSR count). The Morgan fingerprint density at radius 1 is 0.906 bits per heavy atom. The van der Waals surface area contributed by atoms with Crippen LogP contribution in [0.4, 0.5) is 5.69 Å². The molecule has 1 fully saturated rings. The number of aryl methyl sites for hydroxylation is 1. The molecule has 1 aliphatic heterocycles. The van der Waals surface area contributed by atoms with Gasteiger partial charge in [0.1, 0.15) is 0 Å². The molecule has 1 aliphatic rings. The lowest BCUT2D eigenvalue weighted by Crippen LogP contribution is -2.30. The lowest BCUT2D eigenvalue weighted by molar-refractivity contribution is -0.151. The van der Waals surface area contributed by atoms with E-state index in [1.165, 1.54) is 11.8 Å². The summed E-state index contributed by atoms with van der Waals surface area (Å²) in [5, 5.41) is 0. The van der Waals surface area contributed by atoms with Gasteiger partial charge in [0, 0.05) is 24.2 Å². The summed E-state index contributed by atoms with van der Waals surface area (Å²) in [4.78, 5) is 51.1. The quantitative estimate of drug-likeness (QED) is 0.484. The Balaban J connectivity index is 1.61. The maximum Gasteiger partial charge on any atom is 0.338 e. The minimum absolute atomic E-state index is 0.00141. The largest absolute Gasteiger partial charge is 0.459 e. The molecule has 1 heterocycles. The number of Topliss-reactive ketones (excluding diaryl/α,β-unsaturated/α-hetero) is 1. The Kier molecular flexibility index (Phi) is 7.08. The number of rotatable bonds is 7. The molecule has 1 amide bonds. The highest BCUT2D eigenvalue weighted by molar-refractivity contribution is 6.02. The maximum absolute atomic E-state index is 12.6. The molecule has 2 aromatic rings. The van der Waals surface area contributed by atoms with Crippen molar-refractivity contribution in [3.63, 3.8) is 0 Å². The average Bonchev–Trinajstić information content (AvgIpc) is 3.15. The highest BCUT2D eigenvalue weighted by Gasteiger charge is 2.37. The molecule has 7 heteroatoms. The second-order valence-electron chi connectivity index (χ2n) is 8.22. The third-order valence-corrected chi connectivity index (χ3v) is 5.21. The predicted molar refractivity (Wildman–Crippen MR) is 119 cm³/mol. The fourth-order valence-electron chi connectivity index (χ4n) is 3.45. The number of anilines is 1. The first-order valence-corrected chi connectivity index (χ1v) is 10.6. The van der Waals surface area contributed by atoms with Crippen molar-refractivity contribution in [1.29, 1.82) is 0 Å². The van der Waals surface area contributed by atoms with Crippen LogP contribution in [0.5, 0.6) is 0 Å². The number of nitrogens with zero attached hydrogens (tertiary/aromatic N) is 1. The van der Waals surface area contributed by atoms with Crippen LogP contribution in [-0.4, -0.2) is 42.4 Å². The zero-order valence-corrected chi connectivity index (χ0v) is 18.7. The van der Waals surface area contributed by atoms with E-state index in [-0.39, 0.29) is 30.8 Å². The van der Waals surface area contributed by atoms with Crippen LogP contribution >= 0.6 is 0 Å². The first kappa shape index (κ1) is 23.2. The molecule has 168 valence electrons. The van der Waals surface area contributed by atoms with Crippen LogP contribution in [0.1, 0.15) is 53.5 Å². The first-order chi connectivity index (χ1) is 15.2. The zero-order valence-electron chi connectivity index (χ0n) is 18.7. The first-order valence-electron chi connectivity index (χ1n) is 10.6. The minimum Gasteiger partial charge on any atom is -0.459 e. The van der Waals surface area contributed by atoms with E-state index in [9.17, 15) is 19.2 Å². The van der Waals surface area contributed by atoms with Crippen LogP contribution in [0.2, 0.25) is 0 Å². The molecule has 0 aliphatic carbocycles. The number of amides is 1. The number of hydrogen-bond acceptors (Lipinski definition) is 6. The van der Waals surface area contributed by atoms with Gasteiger partial charge in [-0.1, -0.05) is 29.8 Å². The molecule has 2 unspecified atom stereocenters. The topological polar surface area (TPSA) is 90.0 Å². The van der Waals surface area contributed by atoms with E-state index < -0.39 is 24.0 Å². The number of carbonyl (C=O) groups excluding carboxylic acids is 4. The smallest absolute Gasteiger partial charge is 0.338 e. The summed E-state index contributed by atoms with van der Waals surface area (Å²) >= 11 is 0. The van der Waals surface area contributed by atoms with Crippen molar-refractivity contribution >= 4 is 29.3 Å². The highest BCUT2D eigenvalue weighted by Crippen LogP contribution is 2.27. The molecule has 0 spiro atoms. The molecule has 0 saturated carbocycles. The monoisotopic (exact) mass is 437 g/mol. The van der Waals surface area contributed by atoms with Gasteiger partial charge in [0.2, 0.25) is 11.7 Å². The van der Waals surface area contributed by atoms with Gasteiger partial charge in [0.25, 0.3) is 0 Å². The summed E-state index contributed by atoms with van der Waals surface area (Å²) in [6.45, 7) is 7.14. The van der Waals surface area contributed by atoms with Crippen LogP contribution in [0.15, 0.2) is 48.5 Å². The van der Waals surface area contributed by atoms with E-state index in [0.29, 0.717) is 16.8 Å². The number of carbonyl (C=O) groups is 4. The van der Waals surface area contributed by atoms with Gasteiger partial charge in [0.05, 0.1) is 17.6 Å². The Hall–Kier alpha value is -3.48. The van der Waals surface area contributed by atoms with E-state index >= 15 is 0 Å². The van der Waals surface area contributed by atoms with Crippen molar-refractivity contribution in [2.45, 2.75) is 46.3 Å². The molecule has 0 N–H and O–H groups in total. The van der Waals surface area contributed by atoms with E-state index in [1.54, 1.807) is 50.2 Å². The van der Waals surface area contributed by atoms with Gasteiger partial charge in [-0.15, -0.1) is 0 Å². The van der Waals surface area contributed by atoms with E-state index in [0.717, 1.165) is 5.56 Å². The summed E-state index contributed by atoms with van der Waals surface area (Å²) in [5.41, 5.74) is 2.46. The molecule has 32 heavy (non-hydrogen) atoms. The molecule has 0 aromatic heterocycles. The standard InChI is InChI=1S/C25H27NO6/c1-15(2)31-24(29)19-9-11-21(12-10-19)26-14-20(13-22(26)27)25(30)32-17(4)23(28)18-7-5-16(3)6-8-18/h5-12,15,17,20H,13-14H2,1-4H3. The van der Waals surface area contributed by atoms with Crippen LogP contribution in [-0.2, 0) is 19.1 Å². The van der Waals surface area contributed by atoms with E-state index in [4.69, 9.17) is 9.47 Å². The molecule has 0 bridgehead atoms. The minimum atomic E-state index is -0.944. The zero-order chi connectivity index (χ0) is 23.4. The lowest BCUT2D eigenvalue weighted by atomic mass is 10.1. The van der Waals surface area contributed by atoms with E-state index in [1.807, 2.05) is 19.1 Å². The Labute approximate surface area is 187 Å². The third-order valence-electron chi connectivity index (χ3n) is 5.21. The summed E-state index contributed by atoms with van der Waals surface area (Å²) in [6, 6.07) is 13.5. The number of esters is 2. The normalized spacial score (nSPS) is 16.7. The van der Waals surface area contributed by atoms with E-state index in [2.05, 4.69) is 0 Å². The fourth-order valence-corrected chi connectivity index (χ4v) is 3.45. The van der Waals surface area contributed by atoms with Gasteiger partial charge in [-0.05, 0) is 52.0 Å². The van der Waals surface area contributed by atoms with Crippen LogP contribution in [0.25, 0.3) is 0 Å². The second-order valence-corrected chi connectivity index (χ2v) is 8.22. The van der Waals surface area contributed by atoms with Gasteiger partial charge >= 0.3 is 11.9 Å². The predicted octanol–water partition coefficient (Wildman–Crippen LogP) is 3.73. The van der Waals surface area contributed by atoms with Crippen molar-refractivity contribution < 1.29 is 28.7 Å². The maximum atomic E-state index is 12.6. The van der Waals surface area contributed by atoms with Crippen LogP contribution < -0.4 is 4.90 Å². The van der Waals surface area contributed by atoms with Crippen molar-refractivity contribution in [3.05, 3.63) is 65.2 Å². The SMILES string of the molecule is Cc1ccc(C(=O)C(C)OC(=O)C2CC(=O)N(c3ccc(C(=O)OC(C)C)cc3)C2)cc1. The molecule has 7 nitrogen and oxygen atoms in total. The van der Waals surface area contributed by atoms with Gasteiger partial charge in [0.15, 0.2) is 6.10 Å². The van der Waals surface area contributed by atoms with Gasteiger partial charge < -0.3 is 14.4 Å². The second kappa shape index (κ2) is 9.77. The Morgan fingerprint density at radius 3 is 2.09 bits per heavy atom. The van der Waals surface area contributed by atoms with Crippen molar-refractivity contribution in [2.75, 3.05) is 11.4 Å². The average molecular weight is 437 g/mol. The third kappa shape index (κ3) is 5.41. The number of benzene rings is 2. The van der Waals surface area contributed by atoms with Crippen molar-refractivity contribution in [2.24, 2.45) is 5.92 Å². The summed E-state index contributed by atoms with van der Waals surface area (Å²) < 4.78 is 10.5. The number of ketones is 1. The van der Waals surface area contributed by atoms with Crippen LogP contribution in [0, 0.1) is 12.8 Å². The van der Waals surface area contributed by atoms with Gasteiger partial charge in [-0.25, -0.2) is 4.79 Å². The van der Waals surface area contributed by atoms with Crippen molar-refractivity contribution in [3.8, 4) is 0 Å². The van der Waals surface area contributed by atoms with Crippen molar-refractivity contribution in [1.82, 2.24) is 0 Å². The summed E-state index contributed by atoms with van der Waals surface area (Å²) in [7, 11) is 0. The number of hydrogen-bond donors (Lipinski definition) is 0. The number of ether oxygens (including phenoxy) is 2. The highest BCUT2D eigenvalue weighted by atomic mass is 16.5. The molecule has 0 radical (unpaired) electrons. The Morgan fingerprint density at radius 2 is 1.50 bits per heavy atom. The van der Waals surface area contributed by atoms with Gasteiger partial charge in [-0.2, -0.15) is 0 Å². The molecular formula is C25H27NO6. The molecule has 2 aromatic carbocycles. The molecule has 2 atom stereocenters. The van der Waals surface area contributed by atoms with Crippen LogP contribution in [0.3, 0.4) is 0 Å². The summed E-state index contributed by atoms with van der Waals surface area (Å²) in [6.07, 6.45) is -1.17. The lowest BCUT2D eigenvalue weighted by Gasteiger charge is -2.18. The Bertz CT molecular complexity index is 1010.